The Bertz CT molecular complexity index is 7660. The van der Waals surface area contributed by atoms with E-state index < -0.39 is 0 Å². The average Bonchev–Trinajstić information content (AvgIpc) is 0.775. The minimum Gasteiger partial charge on any atom is -0.0622 e. The number of aryl methyl sites for hydroxylation is 5. The molecule has 0 N–H and O–H groups in total. The third-order valence-electron chi connectivity index (χ3n) is 26.1. The summed E-state index contributed by atoms with van der Waals surface area (Å²) < 4.78 is 0. The van der Waals surface area contributed by atoms with Gasteiger partial charge in [0.25, 0.3) is 0 Å². The molecule has 0 aliphatic carbocycles. The summed E-state index contributed by atoms with van der Waals surface area (Å²) in [6.45, 7) is 17.3. The molecular formula is C146H124. The summed E-state index contributed by atoms with van der Waals surface area (Å²) in [5.41, 5.74) is 48.9. The smallest absolute Gasteiger partial charge is 0.00699 e. The first kappa shape index (κ1) is 101. The van der Waals surface area contributed by atoms with Gasteiger partial charge < -0.3 is 0 Å². The van der Waals surface area contributed by atoms with Gasteiger partial charge in [0, 0.05) is 0 Å². The van der Waals surface area contributed by atoms with E-state index in [0.29, 0.717) is 0 Å². The highest BCUT2D eigenvalue weighted by molar-refractivity contribution is 5.92. The first-order valence-electron chi connectivity index (χ1n) is 50.4. The van der Waals surface area contributed by atoms with Crippen molar-refractivity contribution < 1.29 is 0 Å². The van der Waals surface area contributed by atoms with E-state index in [-0.39, 0.29) is 0 Å². The molecule has 0 spiro atoms. The van der Waals surface area contributed by atoms with Crippen LogP contribution >= 0.6 is 0 Å². The summed E-state index contributed by atoms with van der Waals surface area (Å²) in [6.07, 6.45) is 0. The Kier molecular flexibility index (Phi) is 36.3. The van der Waals surface area contributed by atoms with Crippen molar-refractivity contribution in [3.8, 4) is 167 Å². The van der Waals surface area contributed by atoms with E-state index in [2.05, 4.69) is 644 Å². The molecule has 0 fully saturated rings. The van der Waals surface area contributed by atoms with Crippen molar-refractivity contribution in [1.82, 2.24) is 0 Å². The fraction of sp³-hybridized carbons (Fsp3) is 0.0548. The minimum atomic E-state index is 1.25. The lowest BCUT2D eigenvalue weighted by Gasteiger charge is -2.17. The Labute approximate surface area is 867 Å². The van der Waals surface area contributed by atoms with Gasteiger partial charge in [-0.05, 0) is 280 Å². The standard InChI is InChI=1S/2C25H20.3C19H16.3C13H12/c1-19-24(21-13-7-3-8-14-21)17-23(20-11-5-2-6-12-20)18-25(19)22-15-9-4-10-16-22;1-19-23(20-11-5-2-6-12-20)17-18-24(21-13-7-3-8-14-21)25(19)22-15-9-4-10-16-22;1-15-18(16-9-4-2-5-10-16)13-8-14-19(15)17-11-6-3-7-12-17;1-15-12-18(16-8-4-2-5-9-16)14-19(13-15)17-10-6-3-7-11-17;1-15-12-13-18(16-8-4-2-5-9-16)14-19(15)17-10-6-3-7-11-17;1-11-7-5-6-10-13(11)12-8-3-2-4-9-12;1-11-6-5-9-13(10-11)12-7-3-2-4-8-12;1-11-7-9-13(10-8-11)12-5-3-2-4-6-12/h2*2-18H,1H3;3*2-14H,1H3;3*2-10H,1H3. The molecule has 0 aliphatic rings. The van der Waals surface area contributed by atoms with Crippen molar-refractivity contribution in [2.45, 2.75) is 55.4 Å². The molecule has 0 amide bonds. The lowest BCUT2D eigenvalue weighted by molar-refractivity contribution is 1.44. The largest absolute Gasteiger partial charge is 0.0622 e. The maximum atomic E-state index is 2.31. The number of hydrogen-bond acceptors (Lipinski definition) is 0. The zero-order valence-electron chi connectivity index (χ0n) is 84.7. The van der Waals surface area contributed by atoms with Crippen LogP contribution in [0.25, 0.3) is 167 Å². The number of rotatable bonds is 15. The zero-order chi connectivity index (χ0) is 101. The molecule has 0 heterocycles. The van der Waals surface area contributed by atoms with Crippen LogP contribution in [0, 0.1) is 55.4 Å². The molecule has 0 saturated carbocycles. The van der Waals surface area contributed by atoms with E-state index in [9.17, 15) is 0 Å². The van der Waals surface area contributed by atoms with Crippen molar-refractivity contribution in [3.05, 3.63) is 651 Å². The quantitative estimate of drug-likeness (QED) is 0.0960. The molecule has 0 radical (unpaired) electrons. The lowest BCUT2D eigenvalue weighted by atomic mass is 9.86. The number of benzene rings is 23. The Morgan fingerprint density at radius 2 is 0.301 bits per heavy atom. The highest BCUT2D eigenvalue weighted by Gasteiger charge is 2.18. The topological polar surface area (TPSA) is 0 Å². The van der Waals surface area contributed by atoms with Gasteiger partial charge in [0.1, 0.15) is 0 Å². The van der Waals surface area contributed by atoms with Crippen LogP contribution in [0.3, 0.4) is 0 Å². The predicted octanol–water partition coefficient (Wildman–Crippen LogP) is 41.0. The third-order valence-corrected chi connectivity index (χ3v) is 26.1. The minimum absolute atomic E-state index is 1.25. The van der Waals surface area contributed by atoms with Gasteiger partial charge in [-0.3, -0.25) is 0 Å². The molecule has 0 heteroatoms. The highest BCUT2D eigenvalue weighted by Crippen LogP contribution is 2.42. The maximum Gasteiger partial charge on any atom is -0.00699 e. The molecule has 708 valence electrons. The van der Waals surface area contributed by atoms with Crippen LogP contribution in [-0.2, 0) is 0 Å². The molecule has 0 unspecified atom stereocenters. The van der Waals surface area contributed by atoms with Crippen LogP contribution in [0.15, 0.2) is 607 Å². The zero-order valence-corrected chi connectivity index (χ0v) is 84.7. The normalized spacial score (nSPS) is 10.3. The van der Waals surface area contributed by atoms with E-state index in [1.54, 1.807) is 0 Å². The predicted molar refractivity (Wildman–Crippen MR) is 631 cm³/mol. The molecule has 0 aromatic heterocycles. The van der Waals surface area contributed by atoms with Gasteiger partial charge in [-0.1, -0.05) is 593 Å². The Hall–Kier alpha value is -17.9. The van der Waals surface area contributed by atoms with Gasteiger partial charge in [0.15, 0.2) is 0 Å². The first-order chi connectivity index (χ1) is 71.8. The van der Waals surface area contributed by atoms with Crippen LogP contribution in [0.5, 0.6) is 0 Å². The van der Waals surface area contributed by atoms with Crippen LogP contribution < -0.4 is 0 Å². The van der Waals surface area contributed by atoms with Crippen LogP contribution in [0.4, 0.5) is 0 Å². The van der Waals surface area contributed by atoms with Crippen molar-refractivity contribution in [2.24, 2.45) is 0 Å². The van der Waals surface area contributed by atoms with Crippen LogP contribution in [0.2, 0.25) is 0 Å². The second-order valence-electron chi connectivity index (χ2n) is 36.5. The first-order valence-corrected chi connectivity index (χ1v) is 50.4. The fourth-order valence-corrected chi connectivity index (χ4v) is 18.4. The van der Waals surface area contributed by atoms with E-state index in [1.807, 2.05) is 18.2 Å². The second kappa shape index (κ2) is 52.5. The molecule has 0 aliphatic heterocycles. The molecule has 23 rings (SSSR count). The van der Waals surface area contributed by atoms with Crippen LogP contribution in [0.1, 0.15) is 44.5 Å². The Balaban J connectivity index is 0.000000121. The van der Waals surface area contributed by atoms with Crippen molar-refractivity contribution in [2.75, 3.05) is 0 Å². The average molecular weight is 1880 g/mol. The second-order valence-corrected chi connectivity index (χ2v) is 36.5. The van der Waals surface area contributed by atoms with Crippen molar-refractivity contribution >= 4 is 0 Å². The van der Waals surface area contributed by atoms with E-state index >= 15 is 0 Å². The van der Waals surface area contributed by atoms with Gasteiger partial charge in [-0.2, -0.15) is 0 Å². The summed E-state index contributed by atoms with van der Waals surface area (Å²) in [5.74, 6) is 0. The highest BCUT2D eigenvalue weighted by atomic mass is 14.2. The van der Waals surface area contributed by atoms with E-state index in [0.717, 1.165) is 0 Å². The molecule has 0 atom stereocenters. The molecular weight excluding hydrogens is 1750 g/mol. The summed E-state index contributed by atoms with van der Waals surface area (Å²) >= 11 is 0. The van der Waals surface area contributed by atoms with E-state index in [1.165, 1.54) is 211 Å². The summed E-state index contributed by atoms with van der Waals surface area (Å²) in [6, 6.07) is 213. The lowest BCUT2D eigenvalue weighted by Crippen LogP contribution is -1.93. The molecule has 23 aromatic rings. The van der Waals surface area contributed by atoms with Crippen molar-refractivity contribution in [1.29, 1.82) is 0 Å². The summed E-state index contributed by atoms with van der Waals surface area (Å²) in [5, 5.41) is 0. The molecule has 0 saturated heterocycles. The number of hydrogen-bond donors (Lipinski definition) is 0. The molecule has 146 heavy (non-hydrogen) atoms. The van der Waals surface area contributed by atoms with Gasteiger partial charge in [0.05, 0.1) is 0 Å². The third kappa shape index (κ3) is 28.1. The monoisotopic (exact) mass is 1880 g/mol. The van der Waals surface area contributed by atoms with Gasteiger partial charge >= 0.3 is 0 Å². The Morgan fingerprint density at radius 1 is 0.0890 bits per heavy atom. The molecule has 0 nitrogen and oxygen atoms in total. The van der Waals surface area contributed by atoms with Gasteiger partial charge in [-0.15, -0.1) is 0 Å². The van der Waals surface area contributed by atoms with Crippen LogP contribution in [-0.4, -0.2) is 0 Å². The SMILES string of the molecule is Cc1c(-c2ccccc2)cc(-c2ccccc2)cc1-c1ccccc1.Cc1c(-c2ccccc2)ccc(-c2ccccc2)c1-c1ccccc1.Cc1c(-c2ccccc2)cccc1-c1ccccc1.Cc1cc(-c2ccccc2)cc(-c2ccccc2)c1.Cc1ccc(-c2ccccc2)cc1.Cc1ccc(-c2ccccc2)cc1-c1ccccc1.Cc1cccc(-c2ccccc2)c1.Cc1ccccc1-c1ccccc1. The fourth-order valence-electron chi connectivity index (χ4n) is 18.4. The summed E-state index contributed by atoms with van der Waals surface area (Å²) in [7, 11) is 0. The molecule has 0 bridgehead atoms. The molecule has 23 aromatic carbocycles. The van der Waals surface area contributed by atoms with Gasteiger partial charge in [0.2, 0.25) is 0 Å². The maximum absolute atomic E-state index is 2.31. The van der Waals surface area contributed by atoms with E-state index in [4.69, 9.17) is 0 Å². The Morgan fingerprint density at radius 3 is 0.658 bits per heavy atom. The van der Waals surface area contributed by atoms with Crippen molar-refractivity contribution in [3.63, 3.8) is 0 Å². The van der Waals surface area contributed by atoms with Gasteiger partial charge in [-0.25, -0.2) is 0 Å². The summed E-state index contributed by atoms with van der Waals surface area (Å²) in [4.78, 5) is 0.